The van der Waals surface area contributed by atoms with Crippen molar-refractivity contribution in [3.63, 3.8) is 0 Å². The highest BCUT2D eigenvalue weighted by Gasteiger charge is 2.53. The molecule has 0 unspecified atom stereocenters. The molecule has 2 fully saturated rings. The molecule has 2 aliphatic rings. The van der Waals surface area contributed by atoms with Gasteiger partial charge in [0, 0.05) is 24.9 Å². The molecular formula is C18H24O4. The molecule has 2 bridgehead atoms. The summed E-state index contributed by atoms with van der Waals surface area (Å²) in [5.74, 6) is 1.67. The summed E-state index contributed by atoms with van der Waals surface area (Å²) in [5, 5.41) is 0. The van der Waals surface area contributed by atoms with E-state index in [9.17, 15) is 4.79 Å². The van der Waals surface area contributed by atoms with Crippen molar-refractivity contribution in [3.8, 4) is 5.75 Å². The summed E-state index contributed by atoms with van der Waals surface area (Å²) in [6, 6.07) is 8.12. The van der Waals surface area contributed by atoms with E-state index >= 15 is 0 Å². The molecule has 0 N–H and O–H groups in total. The Kier molecular flexibility index (Phi) is 4.24. The number of benzene rings is 1. The molecule has 0 spiro atoms. The van der Waals surface area contributed by atoms with Crippen molar-refractivity contribution in [1.82, 2.24) is 0 Å². The first-order valence-electron chi connectivity index (χ1n) is 7.86. The second kappa shape index (κ2) is 6.01. The normalized spacial score (nSPS) is 34.0. The molecule has 4 atom stereocenters. The Morgan fingerprint density at radius 3 is 2.82 bits per heavy atom. The molecule has 4 heteroatoms. The predicted molar refractivity (Wildman–Crippen MR) is 82.9 cm³/mol. The van der Waals surface area contributed by atoms with Crippen molar-refractivity contribution in [2.45, 2.75) is 37.7 Å². The number of carbonyl (C=O) groups is 1. The molecule has 0 radical (unpaired) electrons. The molecule has 3 rings (SSSR count). The molecule has 0 aliphatic heterocycles. The lowest BCUT2D eigenvalue weighted by Crippen LogP contribution is -2.39. The van der Waals surface area contributed by atoms with Gasteiger partial charge in [-0.15, -0.1) is 0 Å². The van der Waals surface area contributed by atoms with Crippen LogP contribution in [0.4, 0.5) is 0 Å². The molecule has 1 aromatic carbocycles. The van der Waals surface area contributed by atoms with E-state index < -0.39 is 0 Å². The average molecular weight is 304 g/mol. The van der Waals surface area contributed by atoms with Gasteiger partial charge in [-0.2, -0.15) is 0 Å². The van der Waals surface area contributed by atoms with Crippen LogP contribution in [0.2, 0.25) is 0 Å². The molecule has 4 nitrogen and oxygen atoms in total. The summed E-state index contributed by atoms with van der Waals surface area (Å²) in [6.07, 6.45) is 2.43. The quantitative estimate of drug-likeness (QED) is 0.785. The van der Waals surface area contributed by atoms with Crippen LogP contribution in [0.5, 0.6) is 5.75 Å². The Morgan fingerprint density at radius 2 is 2.09 bits per heavy atom. The Bertz CT molecular complexity index is 556. The zero-order valence-electron chi connectivity index (χ0n) is 13.5. The second-order valence-electron chi connectivity index (χ2n) is 6.68. The number of methoxy groups -OCH3 is 2. The van der Waals surface area contributed by atoms with E-state index in [1.807, 2.05) is 12.1 Å². The number of ketones is 1. The SMILES string of the molecule is COCO[C@@H]1C[C@H]2C[C@@H]1C(=O)C[C@]2(C)c1cccc(OC)c1. The van der Waals surface area contributed by atoms with Crippen LogP contribution in [0.15, 0.2) is 24.3 Å². The van der Waals surface area contributed by atoms with Gasteiger partial charge in [0.25, 0.3) is 0 Å². The molecule has 0 amide bonds. The van der Waals surface area contributed by atoms with Gasteiger partial charge in [-0.1, -0.05) is 19.1 Å². The van der Waals surface area contributed by atoms with E-state index in [-0.39, 0.29) is 24.2 Å². The molecule has 1 aromatic rings. The minimum absolute atomic E-state index is 0.00452. The number of fused-ring (bicyclic) bond motifs is 2. The Morgan fingerprint density at radius 1 is 1.27 bits per heavy atom. The zero-order valence-corrected chi connectivity index (χ0v) is 13.5. The third-order valence-electron chi connectivity index (χ3n) is 5.49. The van der Waals surface area contributed by atoms with Gasteiger partial charge in [-0.05, 0) is 36.5 Å². The number of rotatable bonds is 5. The molecule has 22 heavy (non-hydrogen) atoms. The zero-order chi connectivity index (χ0) is 15.7. The van der Waals surface area contributed by atoms with Gasteiger partial charge >= 0.3 is 0 Å². The van der Waals surface area contributed by atoms with Crippen LogP contribution >= 0.6 is 0 Å². The monoisotopic (exact) mass is 304 g/mol. The minimum atomic E-state index is -0.132. The molecule has 120 valence electrons. The standard InChI is InChI=1S/C18H24O4/c1-18(12-5-4-6-14(7-12)21-3)10-16(19)15-8-13(18)9-17(15)22-11-20-2/h4-7,13,15,17H,8-11H2,1-3H3/t13-,15-,17-,18-/m1/s1. The summed E-state index contributed by atoms with van der Waals surface area (Å²) >= 11 is 0. The lowest BCUT2D eigenvalue weighted by atomic mass is 9.64. The smallest absolute Gasteiger partial charge is 0.146 e. The number of hydrogen-bond donors (Lipinski definition) is 0. The van der Waals surface area contributed by atoms with Gasteiger partial charge in [0.1, 0.15) is 18.3 Å². The van der Waals surface area contributed by atoms with Crippen LogP contribution in [-0.2, 0) is 19.7 Å². The highest BCUT2D eigenvalue weighted by molar-refractivity contribution is 5.85. The third kappa shape index (κ3) is 2.55. The van der Waals surface area contributed by atoms with Gasteiger partial charge in [-0.3, -0.25) is 4.79 Å². The van der Waals surface area contributed by atoms with Crippen molar-refractivity contribution in [1.29, 1.82) is 0 Å². The number of ether oxygens (including phenoxy) is 3. The summed E-state index contributed by atoms with van der Waals surface area (Å²) in [6.45, 7) is 2.47. The first-order valence-corrected chi connectivity index (χ1v) is 7.86. The Labute approximate surface area is 131 Å². The molecular weight excluding hydrogens is 280 g/mol. The molecule has 2 saturated carbocycles. The number of hydrogen-bond acceptors (Lipinski definition) is 4. The maximum Gasteiger partial charge on any atom is 0.146 e. The topological polar surface area (TPSA) is 44.8 Å². The largest absolute Gasteiger partial charge is 0.497 e. The third-order valence-corrected chi connectivity index (χ3v) is 5.49. The molecule has 0 saturated heterocycles. The number of Topliss-reactive ketones (excluding diaryl/α,β-unsaturated/α-hetero) is 1. The van der Waals surface area contributed by atoms with Gasteiger partial charge in [0.2, 0.25) is 0 Å². The van der Waals surface area contributed by atoms with Gasteiger partial charge in [0.05, 0.1) is 13.2 Å². The lowest BCUT2D eigenvalue weighted by molar-refractivity contribution is -0.133. The lowest BCUT2D eigenvalue weighted by Gasteiger charge is -2.39. The van der Waals surface area contributed by atoms with E-state index in [4.69, 9.17) is 14.2 Å². The highest BCUT2D eigenvalue weighted by Crippen LogP contribution is 2.53. The minimum Gasteiger partial charge on any atom is -0.497 e. The number of carbonyl (C=O) groups excluding carboxylic acids is 1. The van der Waals surface area contributed by atoms with E-state index in [1.54, 1.807) is 14.2 Å². The summed E-state index contributed by atoms with van der Waals surface area (Å²) in [5.41, 5.74) is 1.06. The van der Waals surface area contributed by atoms with Crippen molar-refractivity contribution >= 4 is 5.78 Å². The van der Waals surface area contributed by atoms with Crippen molar-refractivity contribution in [2.24, 2.45) is 11.8 Å². The highest BCUT2D eigenvalue weighted by atomic mass is 16.7. The molecule has 0 aromatic heterocycles. The summed E-state index contributed by atoms with van der Waals surface area (Å²) in [4.78, 5) is 12.6. The first kappa shape index (κ1) is 15.5. The maximum atomic E-state index is 12.6. The first-order chi connectivity index (χ1) is 10.6. The Balaban J connectivity index is 1.87. The summed E-state index contributed by atoms with van der Waals surface area (Å²) < 4.78 is 16.1. The second-order valence-corrected chi connectivity index (χ2v) is 6.68. The van der Waals surface area contributed by atoms with Crippen LogP contribution in [-0.4, -0.2) is 32.9 Å². The maximum absolute atomic E-state index is 12.6. The molecule has 2 aliphatic carbocycles. The van der Waals surface area contributed by atoms with E-state index in [0.717, 1.165) is 18.6 Å². The fraction of sp³-hybridized carbons (Fsp3) is 0.611. The molecule has 0 heterocycles. The van der Waals surface area contributed by atoms with Gasteiger partial charge < -0.3 is 14.2 Å². The van der Waals surface area contributed by atoms with E-state index in [1.165, 1.54) is 5.56 Å². The van der Waals surface area contributed by atoms with Gasteiger partial charge in [-0.25, -0.2) is 0 Å². The van der Waals surface area contributed by atoms with Crippen molar-refractivity contribution in [3.05, 3.63) is 29.8 Å². The average Bonchev–Trinajstić information content (AvgIpc) is 2.93. The predicted octanol–water partition coefficient (Wildman–Crippen LogP) is 2.94. The fourth-order valence-electron chi connectivity index (χ4n) is 4.15. The van der Waals surface area contributed by atoms with Crippen molar-refractivity contribution in [2.75, 3.05) is 21.0 Å². The van der Waals surface area contributed by atoms with Gasteiger partial charge in [0.15, 0.2) is 0 Å². The van der Waals surface area contributed by atoms with E-state index in [2.05, 4.69) is 19.1 Å². The van der Waals surface area contributed by atoms with E-state index in [0.29, 0.717) is 18.1 Å². The van der Waals surface area contributed by atoms with Crippen LogP contribution in [0.1, 0.15) is 31.7 Å². The fourth-order valence-corrected chi connectivity index (χ4v) is 4.15. The van der Waals surface area contributed by atoms with Crippen LogP contribution in [0.25, 0.3) is 0 Å². The van der Waals surface area contributed by atoms with Crippen LogP contribution in [0.3, 0.4) is 0 Å². The van der Waals surface area contributed by atoms with Crippen LogP contribution in [0, 0.1) is 11.8 Å². The summed E-state index contributed by atoms with van der Waals surface area (Å²) in [7, 11) is 3.29. The van der Waals surface area contributed by atoms with Crippen molar-refractivity contribution < 1.29 is 19.0 Å². The van der Waals surface area contributed by atoms with Crippen LogP contribution < -0.4 is 4.74 Å². The Hall–Kier alpha value is -1.39.